The van der Waals surface area contributed by atoms with E-state index < -0.39 is 10.0 Å². The van der Waals surface area contributed by atoms with Crippen LogP contribution in [0.25, 0.3) is 27.8 Å². The highest BCUT2D eigenvalue weighted by atomic mass is 32.2. The number of nitrogens with one attached hydrogen (secondary N) is 1. The van der Waals surface area contributed by atoms with E-state index in [0.717, 1.165) is 35.1 Å². The van der Waals surface area contributed by atoms with Crippen LogP contribution in [0, 0.1) is 13.8 Å². The second kappa shape index (κ2) is 7.37. The Bertz CT molecular complexity index is 1400. The van der Waals surface area contributed by atoms with Crippen LogP contribution in [0.4, 0.5) is 0 Å². The molecule has 2 aromatic carbocycles. The summed E-state index contributed by atoms with van der Waals surface area (Å²) in [6.07, 6.45) is 0. The number of aromatic nitrogens is 4. The zero-order chi connectivity index (χ0) is 21.8. The smallest absolute Gasteiger partial charge is 0.243 e. The summed E-state index contributed by atoms with van der Waals surface area (Å²) in [5, 5.41) is 15.4. The average molecular weight is 438 g/mol. The van der Waals surface area contributed by atoms with Gasteiger partial charge in [-0.15, -0.1) is 10.2 Å². The number of piperazine rings is 1. The van der Waals surface area contributed by atoms with E-state index in [2.05, 4.69) is 22.3 Å². The van der Waals surface area contributed by atoms with E-state index in [0.29, 0.717) is 35.0 Å². The van der Waals surface area contributed by atoms with E-state index in [1.165, 1.54) is 4.90 Å². The van der Waals surface area contributed by atoms with E-state index in [-0.39, 0.29) is 0 Å². The highest BCUT2D eigenvalue weighted by Gasteiger charge is 2.30. The van der Waals surface area contributed by atoms with Gasteiger partial charge in [-0.05, 0) is 25.5 Å². The van der Waals surface area contributed by atoms with Crippen molar-refractivity contribution < 1.29 is 13.3 Å². The van der Waals surface area contributed by atoms with Crippen molar-refractivity contribution in [1.29, 1.82) is 0 Å². The van der Waals surface area contributed by atoms with Crippen molar-refractivity contribution in [2.45, 2.75) is 18.7 Å². The highest BCUT2D eigenvalue weighted by Crippen LogP contribution is 2.28. The maximum Gasteiger partial charge on any atom is 0.243 e. The van der Waals surface area contributed by atoms with Crippen LogP contribution in [-0.2, 0) is 10.0 Å². The van der Waals surface area contributed by atoms with Crippen molar-refractivity contribution in [3.8, 4) is 11.4 Å². The standard InChI is InChI=1S/C22H24N6O2S/c1-15-8-9-17(14-20(15)31(29,30)27-12-10-26(3)11-13-27)21-23-24-22-19-7-5-4-6-18(19)16(2)25-28(21)22/h4-9,14H,10-13H2,1-3H3/p+1. The summed E-state index contributed by atoms with van der Waals surface area (Å²) in [6.45, 7) is 6.45. The third-order valence-electron chi connectivity index (χ3n) is 6.09. The predicted molar refractivity (Wildman–Crippen MR) is 119 cm³/mol. The molecule has 0 aliphatic carbocycles. The van der Waals surface area contributed by atoms with Crippen molar-refractivity contribution >= 4 is 26.4 Å². The fourth-order valence-electron chi connectivity index (χ4n) is 4.18. The number of likely N-dealkylation sites (N-methyl/N-ethyl adjacent to an activating group) is 1. The molecule has 0 spiro atoms. The molecule has 4 aromatic rings. The van der Waals surface area contributed by atoms with Gasteiger partial charge in [0, 0.05) is 16.3 Å². The summed E-state index contributed by atoms with van der Waals surface area (Å²) in [5.41, 5.74) is 2.92. The van der Waals surface area contributed by atoms with Crippen LogP contribution in [0.5, 0.6) is 0 Å². The van der Waals surface area contributed by atoms with Crippen molar-refractivity contribution in [3.63, 3.8) is 0 Å². The van der Waals surface area contributed by atoms with Crippen LogP contribution in [0.3, 0.4) is 0 Å². The molecule has 0 atom stereocenters. The number of sulfonamides is 1. The van der Waals surface area contributed by atoms with Crippen LogP contribution in [-0.4, -0.2) is 65.8 Å². The molecule has 1 fully saturated rings. The lowest BCUT2D eigenvalue weighted by molar-refractivity contribution is -0.883. The largest absolute Gasteiger partial charge is 0.335 e. The molecular weight excluding hydrogens is 412 g/mol. The van der Waals surface area contributed by atoms with Crippen molar-refractivity contribution in [3.05, 3.63) is 53.7 Å². The molecule has 31 heavy (non-hydrogen) atoms. The SMILES string of the molecule is Cc1ccc(-c2nnc3c4ccccc4c(C)nn23)cc1S(=O)(=O)N1CC[NH+](C)CC1. The van der Waals surface area contributed by atoms with Gasteiger partial charge < -0.3 is 4.90 Å². The lowest BCUT2D eigenvalue weighted by Crippen LogP contribution is -3.12. The molecule has 1 aliphatic heterocycles. The number of aryl methyl sites for hydroxylation is 2. The molecule has 3 heterocycles. The second-order valence-electron chi connectivity index (χ2n) is 8.23. The quantitative estimate of drug-likeness (QED) is 0.519. The highest BCUT2D eigenvalue weighted by molar-refractivity contribution is 7.89. The van der Waals surface area contributed by atoms with Gasteiger partial charge in [0.2, 0.25) is 10.0 Å². The first-order valence-electron chi connectivity index (χ1n) is 10.4. The molecule has 0 saturated carbocycles. The maximum absolute atomic E-state index is 13.4. The van der Waals surface area contributed by atoms with Crippen LogP contribution < -0.4 is 4.90 Å². The first-order chi connectivity index (χ1) is 14.9. The number of hydrogen-bond acceptors (Lipinski definition) is 5. The predicted octanol–water partition coefficient (Wildman–Crippen LogP) is 1.08. The first-order valence-corrected chi connectivity index (χ1v) is 11.8. The molecule has 1 aliphatic rings. The summed E-state index contributed by atoms with van der Waals surface area (Å²) in [7, 11) is -1.50. The zero-order valence-electron chi connectivity index (χ0n) is 17.8. The normalized spacial score (nSPS) is 16.4. The average Bonchev–Trinajstić information content (AvgIpc) is 3.18. The zero-order valence-corrected chi connectivity index (χ0v) is 18.6. The van der Waals surface area contributed by atoms with Crippen LogP contribution in [0.15, 0.2) is 47.4 Å². The third kappa shape index (κ3) is 3.29. The topological polar surface area (TPSA) is 84.9 Å². The molecule has 1 saturated heterocycles. The molecule has 0 amide bonds. The molecule has 0 bridgehead atoms. The van der Waals surface area contributed by atoms with Crippen LogP contribution in [0.1, 0.15) is 11.3 Å². The van der Waals surface area contributed by atoms with Gasteiger partial charge in [-0.1, -0.05) is 36.4 Å². The molecule has 2 aromatic heterocycles. The Kier molecular flexibility index (Phi) is 4.76. The third-order valence-corrected chi connectivity index (χ3v) is 8.13. The van der Waals surface area contributed by atoms with Gasteiger partial charge in [0.05, 0.1) is 43.8 Å². The summed E-state index contributed by atoms with van der Waals surface area (Å²) < 4.78 is 30.1. The Morgan fingerprint density at radius 1 is 0.968 bits per heavy atom. The van der Waals surface area contributed by atoms with E-state index >= 15 is 0 Å². The second-order valence-corrected chi connectivity index (χ2v) is 10.1. The number of nitrogens with zero attached hydrogens (tertiary/aromatic N) is 5. The van der Waals surface area contributed by atoms with Gasteiger partial charge in [0.1, 0.15) is 0 Å². The number of hydrogen-bond donors (Lipinski definition) is 1. The fourth-order valence-corrected chi connectivity index (χ4v) is 5.88. The fraction of sp³-hybridized carbons (Fsp3) is 0.318. The lowest BCUT2D eigenvalue weighted by atomic mass is 10.1. The molecular formula is C22H25N6O2S+. The minimum Gasteiger partial charge on any atom is -0.335 e. The Balaban J connectivity index is 1.64. The van der Waals surface area contributed by atoms with Gasteiger partial charge in [-0.25, -0.2) is 8.42 Å². The summed E-state index contributed by atoms with van der Waals surface area (Å²) >= 11 is 0. The van der Waals surface area contributed by atoms with Crippen molar-refractivity contribution in [1.82, 2.24) is 24.1 Å². The Morgan fingerprint density at radius 3 is 2.42 bits per heavy atom. The van der Waals surface area contributed by atoms with E-state index in [1.807, 2.05) is 50.2 Å². The minimum absolute atomic E-state index is 0.318. The maximum atomic E-state index is 13.4. The first kappa shape index (κ1) is 20.0. The van der Waals surface area contributed by atoms with E-state index in [9.17, 15) is 8.42 Å². The van der Waals surface area contributed by atoms with Crippen LogP contribution in [0.2, 0.25) is 0 Å². The van der Waals surface area contributed by atoms with Gasteiger partial charge in [0.25, 0.3) is 0 Å². The number of benzene rings is 2. The minimum atomic E-state index is -3.58. The number of quaternary nitrogens is 1. The van der Waals surface area contributed by atoms with Gasteiger partial charge in [0.15, 0.2) is 11.5 Å². The van der Waals surface area contributed by atoms with Crippen molar-refractivity contribution in [2.75, 3.05) is 33.2 Å². The van der Waals surface area contributed by atoms with Crippen molar-refractivity contribution in [2.24, 2.45) is 0 Å². The molecule has 8 nitrogen and oxygen atoms in total. The molecule has 0 unspecified atom stereocenters. The lowest BCUT2D eigenvalue weighted by Gasteiger charge is -2.29. The molecule has 160 valence electrons. The Morgan fingerprint density at radius 2 is 1.68 bits per heavy atom. The molecule has 1 N–H and O–H groups in total. The Labute approximate surface area is 181 Å². The molecule has 9 heteroatoms. The van der Waals surface area contributed by atoms with E-state index in [4.69, 9.17) is 0 Å². The van der Waals surface area contributed by atoms with Crippen LogP contribution >= 0.6 is 0 Å². The Hall–Kier alpha value is -2.88. The molecule has 0 radical (unpaired) electrons. The summed E-state index contributed by atoms with van der Waals surface area (Å²) in [5.74, 6) is 0.531. The monoisotopic (exact) mass is 437 g/mol. The summed E-state index contributed by atoms with van der Waals surface area (Å²) in [4.78, 5) is 1.67. The number of fused-ring (bicyclic) bond motifs is 3. The number of rotatable bonds is 3. The van der Waals surface area contributed by atoms with Gasteiger partial charge in [-0.3, -0.25) is 0 Å². The van der Waals surface area contributed by atoms with Gasteiger partial charge in [-0.2, -0.15) is 13.9 Å². The van der Waals surface area contributed by atoms with E-state index in [1.54, 1.807) is 14.9 Å². The summed E-state index contributed by atoms with van der Waals surface area (Å²) in [6, 6.07) is 13.4. The van der Waals surface area contributed by atoms with Gasteiger partial charge >= 0.3 is 0 Å². The molecule has 5 rings (SSSR count).